The number of nitrogens with two attached hydrogens (primary N) is 1. The molecule has 180 valence electrons. The lowest BCUT2D eigenvalue weighted by atomic mass is 10.2. The maximum absolute atomic E-state index is 13.1. The van der Waals surface area contributed by atoms with Crippen molar-refractivity contribution in [2.75, 3.05) is 13.6 Å². The number of aromatic nitrogens is 1. The number of rotatable bonds is 9. The van der Waals surface area contributed by atoms with Crippen LogP contribution in [-0.4, -0.2) is 47.0 Å². The molecule has 0 spiro atoms. The van der Waals surface area contributed by atoms with Crippen molar-refractivity contribution in [2.45, 2.75) is 26.3 Å². The third-order valence-electron chi connectivity index (χ3n) is 5.13. The summed E-state index contributed by atoms with van der Waals surface area (Å²) in [6.45, 7) is 1.32. The Morgan fingerprint density at radius 1 is 1.15 bits per heavy atom. The van der Waals surface area contributed by atoms with Crippen LogP contribution in [0.3, 0.4) is 0 Å². The normalized spacial score (nSPS) is 11.3. The van der Waals surface area contributed by atoms with E-state index in [-0.39, 0.29) is 36.7 Å². The van der Waals surface area contributed by atoms with Crippen LogP contribution in [0.15, 0.2) is 47.2 Å². The zero-order valence-electron chi connectivity index (χ0n) is 18.4. The molecule has 0 fully saturated rings. The molecule has 0 aliphatic heterocycles. The van der Waals surface area contributed by atoms with E-state index in [0.29, 0.717) is 11.3 Å². The number of halogens is 3. The zero-order valence-corrected chi connectivity index (χ0v) is 19.2. The van der Waals surface area contributed by atoms with Crippen LogP contribution >= 0.6 is 11.3 Å². The van der Waals surface area contributed by atoms with E-state index in [1.165, 1.54) is 46.1 Å². The number of ketones is 1. The van der Waals surface area contributed by atoms with Gasteiger partial charge < -0.3 is 19.9 Å². The molecule has 2 N–H and O–H groups in total. The molecule has 0 aliphatic rings. The van der Waals surface area contributed by atoms with Crippen molar-refractivity contribution in [1.82, 2.24) is 9.47 Å². The first-order valence-corrected chi connectivity index (χ1v) is 11.0. The second-order valence-electron chi connectivity index (χ2n) is 7.66. The molecule has 1 aromatic carbocycles. The van der Waals surface area contributed by atoms with E-state index < -0.39 is 23.8 Å². The van der Waals surface area contributed by atoms with Crippen LogP contribution in [-0.2, 0) is 17.8 Å². The Bertz CT molecular complexity index is 1200. The maximum atomic E-state index is 13.1. The summed E-state index contributed by atoms with van der Waals surface area (Å²) in [6.07, 6.45) is -4.70. The fraction of sp³-hybridized carbons (Fsp3) is 0.261. The van der Waals surface area contributed by atoms with Crippen molar-refractivity contribution in [3.63, 3.8) is 0 Å². The summed E-state index contributed by atoms with van der Waals surface area (Å²) >= 11 is 1.46. The summed E-state index contributed by atoms with van der Waals surface area (Å²) in [4.78, 5) is 38.7. The molecule has 3 rings (SSSR count). The molecule has 0 saturated heterocycles. The highest BCUT2D eigenvalue weighted by atomic mass is 32.1. The Labute approximate surface area is 197 Å². The molecule has 2 amide bonds. The second kappa shape index (κ2) is 10.1. The summed E-state index contributed by atoms with van der Waals surface area (Å²) in [5.41, 5.74) is 7.29. The maximum Gasteiger partial charge on any atom is 0.573 e. The van der Waals surface area contributed by atoms with Crippen LogP contribution in [0.1, 0.15) is 37.7 Å². The topological polar surface area (TPSA) is 94.6 Å². The number of likely N-dealkylation sites (N-methyl/N-ethyl adjacent to an activating group) is 1. The molecular weight excluding hydrogens is 471 g/mol. The van der Waals surface area contributed by atoms with E-state index in [9.17, 15) is 27.6 Å². The molecule has 0 bridgehead atoms. The molecule has 3 aromatic rings. The molecule has 0 radical (unpaired) electrons. The molecule has 0 saturated carbocycles. The highest BCUT2D eigenvalue weighted by molar-refractivity contribution is 7.08. The van der Waals surface area contributed by atoms with E-state index in [0.717, 1.165) is 11.6 Å². The highest BCUT2D eigenvalue weighted by Gasteiger charge is 2.31. The Hall–Kier alpha value is -3.60. The van der Waals surface area contributed by atoms with E-state index in [1.807, 2.05) is 16.8 Å². The Morgan fingerprint density at radius 2 is 1.88 bits per heavy atom. The number of nitrogens with zero attached hydrogens (tertiary/aromatic N) is 2. The molecule has 2 aromatic heterocycles. The van der Waals surface area contributed by atoms with Gasteiger partial charge in [-0.05, 0) is 53.1 Å². The van der Waals surface area contributed by atoms with Gasteiger partial charge in [0.15, 0.2) is 5.78 Å². The quantitative estimate of drug-likeness (QED) is 0.459. The van der Waals surface area contributed by atoms with Gasteiger partial charge in [0.2, 0.25) is 5.91 Å². The molecule has 2 heterocycles. The van der Waals surface area contributed by atoms with Gasteiger partial charge in [0, 0.05) is 19.3 Å². The number of benzene rings is 1. The molecule has 34 heavy (non-hydrogen) atoms. The van der Waals surface area contributed by atoms with Gasteiger partial charge in [-0.2, -0.15) is 11.3 Å². The van der Waals surface area contributed by atoms with E-state index in [2.05, 4.69) is 4.74 Å². The zero-order chi connectivity index (χ0) is 25.0. The summed E-state index contributed by atoms with van der Waals surface area (Å²) < 4.78 is 43.2. The predicted octanol–water partition coefficient (Wildman–Crippen LogP) is 3.79. The minimum atomic E-state index is -4.84. The van der Waals surface area contributed by atoms with E-state index in [4.69, 9.17) is 5.73 Å². The van der Waals surface area contributed by atoms with Gasteiger partial charge in [-0.1, -0.05) is 12.1 Å². The predicted molar refractivity (Wildman–Crippen MR) is 120 cm³/mol. The van der Waals surface area contributed by atoms with Crippen molar-refractivity contribution in [3.8, 4) is 5.75 Å². The van der Waals surface area contributed by atoms with E-state index in [1.54, 1.807) is 13.0 Å². The van der Waals surface area contributed by atoms with Crippen LogP contribution < -0.4 is 10.5 Å². The first kappa shape index (κ1) is 25.0. The van der Waals surface area contributed by atoms with Gasteiger partial charge in [0.25, 0.3) is 5.91 Å². The van der Waals surface area contributed by atoms with Crippen molar-refractivity contribution in [2.24, 2.45) is 5.73 Å². The molecule has 7 nitrogen and oxygen atoms in total. The third kappa shape index (κ3) is 6.25. The molecule has 0 unspecified atom stereocenters. The van der Waals surface area contributed by atoms with Crippen LogP contribution in [0.25, 0.3) is 0 Å². The first-order chi connectivity index (χ1) is 15.9. The van der Waals surface area contributed by atoms with Gasteiger partial charge in [-0.3, -0.25) is 14.4 Å². The molecular formula is C23H22F3N3O4S. The minimum Gasteiger partial charge on any atom is -0.406 e. The van der Waals surface area contributed by atoms with Crippen molar-refractivity contribution in [3.05, 3.63) is 75.2 Å². The lowest BCUT2D eigenvalue weighted by Gasteiger charge is -2.18. The van der Waals surface area contributed by atoms with Gasteiger partial charge >= 0.3 is 6.36 Å². The fourth-order valence-electron chi connectivity index (χ4n) is 3.44. The monoisotopic (exact) mass is 493 g/mol. The fourth-order valence-corrected chi connectivity index (χ4v) is 4.11. The average molecular weight is 494 g/mol. The number of ether oxygens (including phenoxy) is 1. The number of carbonyl (C=O) groups excluding carboxylic acids is 3. The lowest BCUT2D eigenvalue weighted by molar-refractivity contribution is -0.274. The number of alkyl halides is 3. The second-order valence-corrected chi connectivity index (χ2v) is 8.44. The van der Waals surface area contributed by atoms with Crippen LogP contribution in [0, 0.1) is 6.92 Å². The number of carbonyl (C=O) groups is 3. The van der Waals surface area contributed by atoms with Crippen LogP contribution in [0.5, 0.6) is 5.75 Å². The number of hydrogen-bond acceptors (Lipinski definition) is 5. The number of thiophene rings is 1. The van der Waals surface area contributed by atoms with Crippen molar-refractivity contribution < 1.29 is 32.3 Å². The van der Waals surface area contributed by atoms with E-state index >= 15 is 0 Å². The smallest absolute Gasteiger partial charge is 0.406 e. The minimum absolute atomic E-state index is 0.0121. The summed E-state index contributed by atoms with van der Waals surface area (Å²) in [5.74, 6) is -1.86. The van der Waals surface area contributed by atoms with Gasteiger partial charge in [-0.15, -0.1) is 13.2 Å². The third-order valence-corrected chi connectivity index (χ3v) is 5.86. The van der Waals surface area contributed by atoms with Crippen molar-refractivity contribution >= 4 is 28.9 Å². The first-order valence-electron chi connectivity index (χ1n) is 10.1. The number of hydrogen-bond donors (Lipinski definition) is 1. The number of primary amides is 1. The summed E-state index contributed by atoms with van der Waals surface area (Å²) in [6, 6.07) is 8.48. The van der Waals surface area contributed by atoms with Gasteiger partial charge in [0.1, 0.15) is 5.75 Å². The summed E-state index contributed by atoms with van der Waals surface area (Å²) in [5, 5.41) is 3.70. The van der Waals surface area contributed by atoms with Crippen LogP contribution in [0.4, 0.5) is 13.2 Å². The highest BCUT2D eigenvalue weighted by Crippen LogP contribution is 2.25. The molecule has 0 atom stereocenters. The Morgan fingerprint density at radius 3 is 2.50 bits per heavy atom. The summed E-state index contributed by atoms with van der Waals surface area (Å²) in [7, 11) is 1.50. The van der Waals surface area contributed by atoms with Gasteiger partial charge in [0.05, 0.1) is 24.2 Å². The largest absolute Gasteiger partial charge is 0.573 e. The lowest BCUT2D eigenvalue weighted by Crippen LogP contribution is -2.34. The van der Waals surface area contributed by atoms with Crippen molar-refractivity contribution in [1.29, 1.82) is 0 Å². The number of Topliss-reactive ketones (excluding diaryl/α,β-unsaturated/α-hetero) is 1. The Kier molecular flexibility index (Phi) is 7.45. The van der Waals surface area contributed by atoms with Gasteiger partial charge in [-0.25, -0.2) is 0 Å². The average Bonchev–Trinajstić information content (AvgIpc) is 3.35. The standard InChI is InChI=1S/C23H22F3N3O4S/c1-14-18(22(27)32)10-19(20(30)12-28(2)21(31)9-16-6-7-34-13-16)29(14)11-15-4-3-5-17(8-15)33-23(24,25)26/h3-8,10,13H,9,11-12H2,1-2H3,(H2,27,32). The Balaban J connectivity index is 1.84. The SMILES string of the molecule is Cc1c(C(N)=O)cc(C(=O)CN(C)C(=O)Cc2ccsc2)n1Cc1cccc(OC(F)(F)F)c1. The molecule has 0 aliphatic carbocycles. The molecule has 11 heteroatoms. The number of amides is 2. The van der Waals surface area contributed by atoms with Crippen LogP contribution in [0.2, 0.25) is 0 Å².